The summed E-state index contributed by atoms with van der Waals surface area (Å²) in [7, 11) is 0. The summed E-state index contributed by atoms with van der Waals surface area (Å²) in [6.45, 7) is 4.09. The van der Waals surface area contributed by atoms with Gasteiger partial charge < -0.3 is 10.2 Å². The molecule has 3 heterocycles. The summed E-state index contributed by atoms with van der Waals surface area (Å²) in [6, 6.07) is 7.65. The van der Waals surface area contributed by atoms with Gasteiger partial charge in [-0.1, -0.05) is 6.07 Å². The number of fused-ring (bicyclic) bond motifs is 2. The highest BCUT2D eigenvalue weighted by Crippen LogP contribution is 2.58. The molecule has 7 nitrogen and oxygen atoms in total. The Bertz CT molecular complexity index is 1250. The first-order valence-corrected chi connectivity index (χ1v) is 12.1. The van der Waals surface area contributed by atoms with Gasteiger partial charge in [-0.3, -0.25) is 4.90 Å². The van der Waals surface area contributed by atoms with E-state index in [1.807, 2.05) is 23.7 Å². The maximum atomic E-state index is 12.7. The van der Waals surface area contributed by atoms with E-state index in [2.05, 4.69) is 20.9 Å². The third kappa shape index (κ3) is 2.66. The van der Waals surface area contributed by atoms with E-state index in [0.717, 1.165) is 54.4 Å². The highest BCUT2D eigenvalue weighted by molar-refractivity contribution is 5.52. The molecule has 3 aliphatic carbocycles. The summed E-state index contributed by atoms with van der Waals surface area (Å²) in [5.74, 6) is 1.62. The highest BCUT2D eigenvalue weighted by Gasteiger charge is 2.65. The number of nitrogens with zero attached hydrogens (tertiary/aromatic N) is 5. The minimum Gasteiger partial charge on any atom is -0.508 e. The van der Waals surface area contributed by atoms with E-state index in [1.54, 1.807) is 18.5 Å². The molecule has 1 aliphatic heterocycles. The Kier molecular flexibility index (Phi) is 3.96. The van der Waals surface area contributed by atoms with Crippen LogP contribution in [0.1, 0.15) is 47.3 Å². The number of hydrogen-bond acceptors (Lipinski definition) is 6. The van der Waals surface area contributed by atoms with Gasteiger partial charge in [-0.05, 0) is 80.0 Å². The van der Waals surface area contributed by atoms with Gasteiger partial charge in [-0.15, -0.1) is 0 Å². The number of likely N-dealkylation sites (tertiary alicyclic amines) is 1. The second-order valence-corrected chi connectivity index (χ2v) is 10.6. The lowest BCUT2D eigenvalue weighted by atomic mass is 9.49. The summed E-state index contributed by atoms with van der Waals surface area (Å²) in [4.78, 5) is 11.5. The van der Waals surface area contributed by atoms with Gasteiger partial charge in [-0.2, -0.15) is 5.10 Å². The van der Waals surface area contributed by atoms with E-state index in [1.165, 1.54) is 18.4 Å². The lowest BCUT2D eigenvalue weighted by Crippen LogP contribution is -2.74. The van der Waals surface area contributed by atoms with Crippen molar-refractivity contribution in [3.63, 3.8) is 0 Å². The fraction of sp³-hybridized carbons (Fsp3) is 0.500. The second kappa shape index (κ2) is 6.64. The van der Waals surface area contributed by atoms with E-state index in [4.69, 9.17) is 5.10 Å². The number of rotatable bonds is 3. The lowest BCUT2D eigenvalue weighted by Gasteiger charge is -2.63. The van der Waals surface area contributed by atoms with Crippen molar-refractivity contribution in [2.45, 2.75) is 62.5 Å². The van der Waals surface area contributed by atoms with Crippen LogP contribution in [0.2, 0.25) is 0 Å². The van der Waals surface area contributed by atoms with Crippen molar-refractivity contribution < 1.29 is 10.2 Å². The summed E-state index contributed by atoms with van der Waals surface area (Å²) >= 11 is 0. The zero-order chi connectivity index (χ0) is 22.4. The van der Waals surface area contributed by atoms with Crippen LogP contribution < -0.4 is 0 Å². The predicted octanol–water partition coefficient (Wildman–Crippen LogP) is 2.48. The van der Waals surface area contributed by atoms with Crippen molar-refractivity contribution in [3.8, 4) is 11.7 Å². The number of phenols is 1. The van der Waals surface area contributed by atoms with Crippen LogP contribution in [0.3, 0.4) is 0 Å². The SMILES string of the molecule is Cc1nn(-c2ncccn2)c2c1C[C@@]1(O)[C@H]3Cc4ccc(O)cc4[C@@]1(CCN3CC1CC1)C2. The van der Waals surface area contributed by atoms with Gasteiger partial charge in [0.15, 0.2) is 0 Å². The van der Waals surface area contributed by atoms with Crippen molar-refractivity contribution in [2.24, 2.45) is 5.92 Å². The number of phenolic OH excluding ortho intramolecular Hbond substituents is 1. The fourth-order valence-corrected chi connectivity index (χ4v) is 7.00. The molecule has 7 heteroatoms. The lowest BCUT2D eigenvalue weighted by molar-refractivity contribution is -0.152. The predicted molar refractivity (Wildman–Crippen MR) is 122 cm³/mol. The second-order valence-electron chi connectivity index (χ2n) is 10.6. The van der Waals surface area contributed by atoms with Gasteiger partial charge in [0.05, 0.1) is 17.0 Å². The number of aliphatic hydroxyl groups is 1. The van der Waals surface area contributed by atoms with E-state index in [9.17, 15) is 10.2 Å². The van der Waals surface area contributed by atoms with E-state index < -0.39 is 11.0 Å². The monoisotopic (exact) mass is 443 g/mol. The van der Waals surface area contributed by atoms with Crippen molar-refractivity contribution in [1.82, 2.24) is 24.6 Å². The molecule has 3 atom stereocenters. The van der Waals surface area contributed by atoms with Gasteiger partial charge in [0, 0.05) is 43.2 Å². The first kappa shape index (κ1) is 19.7. The Morgan fingerprint density at radius 3 is 2.76 bits per heavy atom. The molecule has 170 valence electrons. The summed E-state index contributed by atoms with van der Waals surface area (Å²) in [6.07, 6.45) is 9.03. The van der Waals surface area contributed by atoms with Gasteiger partial charge in [0.25, 0.3) is 5.95 Å². The molecule has 0 amide bonds. The molecule has 1 aromatic carbocycles. The molecule has 2 aromatic heterocycles. The molecule has 1 saturated heterocycles. The number of aryl methyl sites for hydroxylation is 1. The molecule has 7 rings (SSSR count). The molecule has 2 bridgehead atoms. The topological polar surface area (TPSA) is 87.3 Å². The van der Waals surface area contributed by atoms with Crippen LogP contribution in [0.25, 0.3) is 5.95 Å². The molecule has 0 unspecified atom stereocenters. The molecule has 3 aromatic rings. The average Bonchev–Trinajstić information content (AvgIpc) is 3.58. The van der Waals surface area contributed by atoms with Gasteiger partial charge >= 0.3 is 0 Å². The number of aromatic nitrogens is 4. The van der Waals surface area contributed by atoms with E-state index in [0.29, 0.717) is 18.8 Å². The molecular weight excluding hydrogens is 414 g/mol. The zero-order valence-corrected chi connectivity index (χ0v) is 18.9. The Morgan fingerprint density at radius 2 is 1.97 bits per heavy atom. The molecule has 2 fully saturated rings. The van der Waals surface area contributed by atoms with E-state index >= 15 is 0 Å². The molecule has 4 aliphatic rings. The molecule has 0 spiro atoms. The van der Waals surface area contributed by atoms with Gasteiger partial charge in [-0.25, -0.2) is 14.6 Å². The Balaban J connectivity index is 1.43. The molecule has 1 saturated carbocycles. The van der Waals surface area contributed by atoms with Crippen molar-refractivity contribution in [2.75, 3.05) is 13.1 Å². The summed E-state index contributed by atoms with van der Waals surface area (Å²) < 4.78 is 1.88. The fourth-order valence-electron chi connectivity index (χ4n) is 7.00. The normalized spacial score (nSPS) is 30.4. The van der Waals surface area contributed by atoms with Crippen LogP contribution in [0.15, 0.2) is 36.7 Å². The Labute approximate surface area is 193 Å². The number of aromatic hydroxyl groups is 1. The minimum atomic E-state index is -0.899. The van der Waals surface area contributed by atoms with Gasteiger partial charge in [0.2, 0.25) is 0 Å². The van der Waals surface area contributed by atoms with E-state index in [-0.39, 0.29) is 11.8 Å². The molecule has 2 N–H and O–H groups in total. The smallest absolute Gasteiger partial charge is 0.250 e. The third-order valence-corrected chi connectivity index (χ3v) is 8.81. The van der Waals surface area contributed by atoms with Crippen molar-refractivity contribution in [1.29, 1.82) is 0 Å². The highest BCUT2D eigenvalue weighted by atomic mass is 16.3. The Hall–Kier alpha value is -2.77. The quantitative estimate of drug-likeness (QED) is 0.647. The molecule has 0 radical (unpaired) electrons. The van der Waals surface area contributed by atoms with Crippen LogP contribution in [-0.4, -0.2) is 59.6 Å². The van der Waals surface area contributed by atoms with Gasteiger partial charge in [0.1, 0.15) is 5.75 Å². The number of piperidine rings is 1. The first-order chi connectivity index (χ1) is 16.0. The van der Waals surface area contributed by atoms with Crippen LogP contribution in [0.4, 0.5) is 0 Å². The zero-order valence-electron chi connectivity index (χ0n) is 18.9. The first-order valence-electron chi connectivity index (χ1n) is 12.1. The van der Waals surface area contributed by atoms with Crippen molar-refractivity contribution in [3.05, 3.63) is 64.7 Å². The standard InChI is InChI=1S/C26H29N5O2/c1-16-20-13-26(33)23-11-18-5-6-19(32)12-21(18)25(26,7-10-30(23)15-17-3-4-17)14-22(20)31(29-16)24-27-8-2-9-28-24/h2,5-6,8-9,12,17,23,32-33H,3-4,7,10-11,13-15H2,1H3/t23-,25-,26-/m1/s1. The maximum absolute atomic E-state index is 12.7. The number of benzene rings is 1. The molecular formula is C26H29N5O2. The maximum Gasteiger partial charge on any atom is 0.250 e. The van der Waals surface area contributed by atoms with Crippen LogP contribution >= 0.6 is 0 Å². The third-order valence-electron chi connectivity index (χ3n) is 8.81. The minimum absolute atomic E-state index is 0.0766. The average molecular weight is 444 g/mol. The largest absolute Gasteiger partial charge is 0.508 e. The van der Waals surface area contributed by atoms with Crippen LogP contribution in [0.5, 0.6) is 5.75 Å². The number of hydrogen-bond donors (Lipinski definition) is 2. The summed E-state index contributed by atoms with van der Waals surface area (Å²) in [5, 5.41) is 27.9. The van der Waals surface area contributed by atoms with Crippen LogP contribution in [0, 0.1) is 12.8 Å². The van der Waals surface area contributed by atoms with Crippen molar-refractivity contribution >= 4 is 0 Å². The molecule has 33 heavy (non-hydrogen) atoms. The Morgan fingerprint density at radius 1 is 1.15 bits per heavy atom. The van der Waals surface area contributed by atoms with Crippen LogP contribution in [-0.2, 0) is 24.7 Å². The summed E-state index contributed by atoms with van der Waals surface area (Å²) in [5.41, 5.74) is 4.16.